The third kappa shape index (κ3) is 7.10. The number of nitrogens with zero attached hydrogens (tertiary/aromatic N) is 3. The highest BCUT2D eigenvalue weighted by Gasteiger charge is 2.22. The Morgan fingerprint density at radius 1 is 0.868 bits per heavy atom. The summed E-state index contributed by atoms with van der Waals surface area (Å²) < 4.78 is 0. The molecule has 0 radical (unpaired) electrons. The molecule has 9 nitrogen and oxygen atoms in total. The Hall–Kier alpha value is -4.37. The number of amides is 1. The molecule has 10 heteroatoms. The summed E-state index contributed by atoms with van der Waals surface area (Å²) in [6.07, 6.45) is 3.02. The molecule has 1 aromatic heterocycles. The van der Waals surface area contributed by atoms with Crippen LogP contribution < -0.4 is 27.0 Å². The van der Waals surface area contributed by atoms with Crippen molar-refractivity contribution in [2.45, 2.75) is 31.8 Å². The predicted octanol–water partition coefficient (Wildman–Crippen LogP) is 5.20. The zero-order valence-electron chi connectivity index (χ0n) is 20.7. The molecule has 0 unspecified atom stereocenters. The highest BCUT2D eigenvalue weighted by molar-refractivity contribution is 6.30. The molecule has 1 saturated carbocycles. The maximum absolute atomic E-state index is 12.6. The van der Waals surface area contributed by atoms with Crippen LogP contribution in [0.4, 0.5) is 29.2 Å². The van der Waals surface area contributed by atoms with E-state index < -0.39 is 0 Å². The molecule has 0 bridgehead atoms. The highest BCUT2D eigenvalue weighted by Crippen LogP contribution is 2.24. The van der Waals surface area contributed by atoms with Gasteiger partial charge in [0, 0.05) is 29.7 Å². The van der Waals surface area contributed by atoms with Crippen LogP contribution in [0.5, 0.6) is 0 Å². The van der Waals surface area contributed by atoms with Crippen molar-refractivity contribution in [2.24, 2.45) is 0 Å². The summed E-state index contributed by atoms with van der Waals surface area (Å²) in [5, 5.41) is 13.5. The fraction of sp³-hybridized carbons (Fsp3) is 0.214. The summed E-state index contributed by atoms with van der Waals surface area (Å²) in [5.74, 6) is 1.29. The summed E-state index contributed by atoms with van der Waals surface area (Å²) in [6.45, 7) is 1.15. The molecular weight excluding hydrogens is 500 g/mol. The van der Waals surface area contributed by atoms with E-state index in [4.69, 9.17) is 17.3 Å². The number of hydrogen-bond acceptors (Lipinski definition) is 8. The van der Waals surface area contributed by atoms with Crippen molar-refractivity contribution >= 4 is 46.7 Å². The third-order valence-corrected chi connectivity index (χ3v) is 6.24. The number of nitrogens with two attached hydrogens (primary N) is 1. The van der Waals surface area contributed by atoms with Crippen molar-refractivity contribution in [3.8, 4) is 0 Å². The van der Waals surface area contributed by atoms with E-state index in [0.717, 1.165) is 35.4 Å². The van der Waals surface area contributed by atoms with Crippen LogP contribution in [0, 0.1) is 0 Å². The van der Waals surface area contributed by atoms with E-state index in [1.54, 1.807) is 24.3 Å². The number of halogens is 1. The number of benzene rings is 3. The number of hydrogen-bond donors (Lipinski definition) is 5. The molecule has 194 valence electrons. The van der Waals surface area contributed by atoms with Gasteiger partial charge in [-0.2, -0.15) is 15.0 Å². The average Bonchev–Trinajstić information content (AvgIpc) is 3.73. The van der Waals surface area contributed by atoms with Gasteiger partial charge in [-0.1, -0.05) is 48.0 Å². The molecule has 1 fully saturated rings. The van der Waals surface area contributed by atoms with Crippen LogP contribution >= 0.6 is 11.6 Å². The standard InChI is InChI=1S/C28H29ClN8O/c29-21-5-3-4-18(16-21)14-15-31-26-35-27(37-28(36-26)33-22-12-13-22)32-17-19-8-10-20(11-9-19)25(38)34-24-7-2-1-6-23(24)30/h1-11,16,22H,12-15,17,30H2,(H,34,38)(H3,31,32,33,35,36,37). The van der Waals surface area contributed by atoms with Crippen molar-refractivity contribution in [3.63, 3.8) is 0 Å². The molecule has 1 heterocycles. The van der Waals surface area contributed by atoms with Gasteiger partial charge in [-0.3, -0.25) is 4.79 Å². The summed E-state index contributed by atoms with van der Waals surface area (Å²) >= 11 is 6.09. The molecular formula is C28H29ClN8O. The Kier molecular flexibility index (Phi) is 7.84. The molecule has 6 N–H and O–H groups in total. The molecule has 0 aliphatic heterocycles. The van der Waals surface area contributed by atoms with E-state index in [2.05, 4.69) is 36.2 Å². The lowest BCUT2D eigenvalue weighted by Crippen LogP contribution is -2.15. The first kappa shape index (κ1) is 25.3. The van der Waals surface area contributed by atoms with E-state index in [0.29, 0.717) is 53.9 Å². The van der Waals surface area contributed by atoms with E-state index in [-0.39, 0.29) is 5.91 Å². The number of rotatable bonds is 11. The first-order chi connectivity index (χ1) is 18.5. The van der Waals surface area contributed by atoms with Crippen molar-refractivity contribution in [3.05, 3.63) is 94.5 Å². The van der Waals surface area contributed by atoms with Crippen LogP contribution in [0.2, 0.25) is 5.02 Å². The van der Waals surface area contributed by atoms with Gasteiger partial charge in [0.2, 0.25) is 17.8 Å². The number of nitrogens with one attached hydrogen (secondary N) is 4. The molecule has 1 aliphatic rings. The first-order valence-corrected chi connectivity index (χ1v) is 12.9. The number of carbonyl (C=O) groups is 1. The van der Waals surface area contributed by atoms with Gasteiger partial charge < -0.3 is 27.0 Å². The van der Waals surface area contributed by atoms with E-state index in [9.17, 15) is 4.79 Å². The maximum atomic E-state index is 12.6. The van der Waals surface area contributed by atoms with Gasteiger partial charge in [0.15, 0.2) is 0 Å². The Balaban J connectivity index is 1.20. The zero-order valence-corrected chi connectivity index (χ0v) is 21.5. The van der Waals surface area contributed by atoms with Crippen LogP contribution in [-0.2, 0) is 13.0 Å². The predicted molar refractivity (Wildman–Crippen MR) is 153 cm³/mol. The molecule has 1 aliphatic carbocycles. The molecule has 0 spiro atoms. The molecule has 38 heavy (non-hydrogen) atoms. The minimum absolute atomic E-state index is 0.218. The van der Waals surface area contributed by atoms with E-state index in [1.807, 2.05) is 48.5 Å². The summed E-state index contributed by atoms with van der Waals surface area (Å²) in [5.41, 5.74) is 9.69. The minimum Gasteiger partial charge on any atom is -0.397 e. The molecule has 0 saturated heterocycles. The van der Waals surface area contributed by atoms with Crippen molar-refractivity contribution < 1.29 is 4.79 Å². The second-order valence-corrected chi connectivity index (χ2v) is 9.56. The van der Waals surface area contributed by atoms with Gasteiger partial charge in [-0.25, -0.2) is 0 Å². The number of aromatic nitrogens is 3. The highest BCUT2D eigenvalue weighted by atomic mass is 35.5. The third-order valence-electron chi connectivity index (χ3n) is 6.01. The van der Waals surface area contributed by atoms with Crippen LogP contribution in [0.3, 0.4) is 0 Å². The second-order valence-electron chi connectivity index (χ2n) is 9.12. The molecule has 1 amide bonds. The average molecular weight is 529 g/mol. The van der Waals surface area contributed by atoms with Gasteiger partial charge >= 0.3 is 0 Å². The van der Waals surface area contributed by atoms with Crippen molar-refractivity contribution in [1.29, 1.82) is 0 Å². The summed E-state index contributed by atoms with van der Waals surface area (Å²) in [4.78, 5) is 26.2. The number of anilines is 5. The quantitative estimate of drug-likeness (QED) is 0.168. The fourth-order valence-corrected chi connectivity index (χ4v) is 3.99. The SMILES string of the molecule is Nc1ccccc1NC(=O)c1ccc(CNc2nc(NCCc3cccc(Cl)c3)nc(NC3CC3)n2)cc1. The lowest BCUT2D eigenvalue weighted by atomic mass is 10.1. The molecule has 5 rings (SSSR count). The van der Waals surface area contributed by atoms with E-state index in [1.165, 1.54) is 0 Å². The molecule has 0 atom stereocenters. The monoisotopic (exact) mass is 528 g/mol. The van der Waals surface area contributed by atoms with Crippen LogP contribution in [0.15, 0.2) is 72.8 Å². The van der Waals surface area contributed by atoms with Gasteiger partial charge in [-0.05, 0) is 66.8 Å². The van der Waals surface area contributed by atoms with Gasteiger partial charge in [0.1, 0.15) is 0 Å². The second kappa shape index (κ2) is 11.8. The van der Waals surface area contributed by atoms with Crippen LogP contribution in [-0.4, -0.2) is 33.4 Å². The Morgan fingerprint density at radius 3 is 2.34 bits per heavy atom. The maximum Gasteiger partial charge on any atom is 0.255 e. The number of carbonyl (C=O) groups excluding carboxylic acids is 1. The van der Waals surface area contributed by atoms with Crippen molar-refractivity contribution in [2.75, 3.05) is 33.5 Å². The normalized spacial score (nSPS) is 12.6. The molecule has 4 aromatic rings. The van der Waals surface area contributed by atoms with Crippen LogP contribution in [0.1, 0.15) is 34.3 Å². The zero-order chi connectivity index (χ0) is 26.3. The first-order valence-electron chi connectivity index (χ1n) is 12.5. The Morgan fingerprint density at radius 2 is 1.61 bits per heavy atom. The number of para-hydroxylation sites is 2. The van der Waals surface area contributed by atoms with Gasteiger partial charge in [0.05, 0.1) is 11.4 Å². The minimum atomic E-state index is -0.218. The molecule has 3 aromatic carbocycles. The van der Waals surface area contributed by atoms with Gasteiger partial charge in [-0.15, -0.1) is 0 Å². The van der Waals surface area contributed by atoms with Crippen LogP contribution in [0.25, 0.3) is 0 Å². The van der Waals surface area contributed by atoms with Gasteiger partial charge in [0.25, 0.3) is 5.91 Å². The lowest BCUT2D eigenvalue weighted by Gasteiger charge is -2.12. The summed E-state index contributed by atoms with van der Waals surface area (Å²) in [6, 6.07) is 22.7. The Bertz CT molecular complexity index is 1410. The largest absolute Gasteiger partial charge is 0.397 e. The van der Waals surface area contributed by atoms with Crippen molar-refractivity contribution in [1.82, 2.24) is 15.0 Å². The topological polar surface area (TPSA) is 130 Å². The smallest absolute Gasteiger partial charge is 0.255 e. The number of nitrogen functional groups attached to an aromatic ring is 1. The Labute approximate surface area is 226 Å². The fourth-order valence-electron chi connectivity index (χ4n) is 3.78. The lowest BCUT2D eigenvalue weighted by molar-refractivity contribution is 0.102. The summed E-state index contributed by atoms with van der Waals surface area (Å²) in [7, 11) is 0. The van der Waals surface area contributed by atoms with E-state index >= 15 is 0 Å².